The zero-order chi connectivity index (χ0) is 61.6. The third kappa shape index (κ3) is 15.7. The molecule has 0 aromatic carbocycles. The van der Waals surface area contributed by atoms with Crippen LogP contribution in [0.5, 0.6) is 0 Å². The minimum absolute atomic E-state index is 0.828. The fourth-order valence-corrected chi connectivity index (χ4v) is 10.2. The molecule has 6 saturated heterocycles. The van der Waals surface area contributed by atoms with Gasteiger partial charge in [0.05, 0.1) is 52.4 Å². The fourth-order valence-electron chi connectivity index (χ4n) is 10.2. The summed E-state index contributed by atoms with van der Waals surface area (Å²) in [7, 11) is 0. The Balaban J connectivity index is 1.25. The highest BCUT2D eigenvalue weighted by atomic mass is 16.8. The van der Waals surface area contributed by atoms with Crippen molar-refractivity contribution >= 4 is 11.8 Å². The van der Waals surface area contributed by atoms with Gasteiger partial charge >= 0.3 is 0 Å². The topological polar surface area (TPSA) is 594 Å². The number of aliphatic hydroxyl groups excluding tert-OH is 21. The normalized spacial score (nSPS) is 46.8. The van der Waals surface area contributed by atoms with Gasteiger partial charge < -0.3 is 175 Å². The highest BCUT2D eigenvalue weighted by Crippen LogP contribution is 2.37. The molecule has 6 aliphatic heterocycles. The van der Waals surface area contributed by atoms with Gasteiger partial charge in [-0.25, -0.2) is 0 Å². The molecule has 2 amide bonds. The van der Waals surface area contributed by atoms with E-state index in [1.54, 1.807) is 0 Å². The van der Waals surface area contributed by atoms with Gasteiger partial charge in [0.15, 0.2) is 37.7 Å². The van der Waals surface area contributed by atoms with Crippen LogP contribution in [0.25, 0.3) is 0 Å². The average molecular weight is 1220 g/mol. The van der Waals surface area contributed by atoms with E-state index in [-0.39, 0.29) is 0 Å². The third-order valence-electron chi connectivity index (χ3n) is 14.9. The van der Waals surface area contributed by atoms with Crippen LogP contribution in [-0.2, 0) is 66.4 Å². The van der Waals surface area contributed by atoms with Crippen LogP contribution in [0.2, 0.25) is 0 Å². The lowest BCUT2D eigenvalue weighted by molar-refractivity contribution is -0.378. The Kier molecular flexibility index (Phi) is 25.8. The Morgan fingerprint density at radius 1 is 0.410 bits per heavy atom. The SMILES string of the molecule is CC(=O)N[C@H]1[C@H](O[C@@H]2[C@H](O)[C@@H](O)[C@H](OC[C@H]3O[C@@H](O[C@H]4[C@@H](O)[C@@H](CO)O[C@@H](O[C@@H]([C@H](O)[C@@H](O)CO)[C@H](O)CO)[C@@H]4O)[C@H](NC(C)=O)[C@@H](O[C@@H]4O[C@@H](C)[C@@H](O)[C@@H](O)[C@@H]4O)[C@@H]3O)O[C@@H]2CO)O[C@H](CO)[C@@H](O[C@@H]2O[C@H](CO)[C@H](O)[C@H](O)[C@H]2O)[C@@H]1O. The molecule has 0 radical (unpaired) electrons. The van der Waals surface area contributed by atoms with E-state index in [0.717, 1.165) is 13.8 Å². The quantitative estimate of drug-likeness (QED) is 0.0427. The third-order valence-corrected chi connectivity index (χ3v) is 14.9. The largest absolute Gasteiger partial charge is 0.394 e. The molecule has 0 aromatic rings. The molecule has 6 rings (SSSR count). The molecule has 0 aliphatic carbocycles. The molecule has 83 heavy (non-hydrogen) atoms. The number of hydrogen-bond donors (Lipinski definition) is 23. The number of carbonyl (C=O) groups excluding carboxylic acids is 2. The zero-order valence-electron chi connectivity index (χ0n) is 44.7. The Hall–Kier alpha value is -2.38. The van der Waals surface area contributed by atoms with Crippen LogP contribution in [-0.4, -0.2) is 374 Å². The van der Waals surface area contributed by atoms with Gasteiger partial charge in [0, 0.05) is 13.8 Å². The van der Waals surface area contributed by atoms with Crippen molar-refractivity contribution in [1.82, 2.24) is 10.6 Å². The van der Waals surface area contributed by atoms with Crippen LogP contribution in [0.1, 0.15) is 20.8 Å². The minimum Gasteiger partial charge on any atom is -0.394 e. The number of nitrogens with one attached hydrogen (secondary N) is 2. The van der Waals surface area contributed by atoms with Gasteiger partial charge in [0.25, 0.3) is 0 Å². The first-order chi connectivity index (χ1) is 39.2. The van der Waals surface area contributed by atoms with Gasteiger partial charge in [-0.15, -0.1) is 0 Å². The smallest absolute Gasteiger partial charge is 0.217 e. The second-order valence-corrected chi connectivity index (χ2v) is 20.8. The van der Waals surface area contributed by atoms with Crippen molar-refractivity contribution in [2.75, 3.05) is 46.2 Å². The molecule has 37 heteroatoms. The van der Waals surface area contributed by atoms with Gasteiger partial charge in [0.1, 0.15) is 165 Å². The van der Waals surface area contributed by atoms with E-state index in [2.05, 4.69) is 10.6 Å². The highest BCUT2D eigenvalue weighted by Gasteiger charge is 2.58. The number of aliphatic hydroxyl groups is 21. The van der Waals surface area contributed by atoms with Crippen molar-refractivity contribution in [3.8, 4) is 0 Å². The fraction of sp³-hybridized carbons (Fsp3) is 0.957. The number of carbonyl (C=O) groups is 2. The first-order valence-corrected chi connectivity index (χ1v) is 26.4. The summed E-state index contributed by atoms with van der Waals surface area (Å²) < 4.78 is 69.2. The van der Waals surface area contributed by atoms with Crippen molar-refractivity contribution in [3.05, 3.63) is 0 Å². The minimum atomic E-state index is -2.29. The van der Waals surface area contributed by atoms with Gasteiger partial charge in [-0.2, -0.15) is 0 Å². The summed E-state index contributed by atoms with van der Waals surface area (Å²) in [6.07, 6.45) is -62.2. The monoisotopic (exact) mass is 1220 g/mol. The standard InChI is InChI=1S/C46H80N2O35/c1-11-23(59)29(65)32(68)44(73-11)82-39-22(48-13(3)56)42(83-40-26(62)17(7-52)75-46(35(40)71)79-36(15(58)5-50)24(60)14(57)4-49)78-20(27(39)63)10-72-43-34(70)31(67)38(19(9-54)77-43)80-41-21(47-12(2)55)28(64)37(18(8-53)76-41)81-45-33(69)30(66)25(61)16(6-51)74-45/h11,14-46,49-54,57-71H,4-10H2,1-3H3,(H,47,55)(H,48,56)/t11-,14-,15+,16+,17+,18+,19+,20+,21+,22+,23+,24+,25-,26-,27+,28+,29+,30-,31+,32-,33+,34+,35+,36+,37+,38-,39+,40-,41-,42-,43+,44-,45-,46-/m0/s1. The summed E-state index contributed by atoms with van der Waals surface area (Å²) in [4.78, 5) is 25.4. The lowest BCUT2D eigenvalue weighted by Gasteiger charge is -2.50. The number of amides is 2. The molecule has 6 aliphatic rings. The van der Waals surface area contributed by atoms with Crippen molar-refractivity contribution in [1.29, 1.82) is 0 Å². The Morgan fingerprint density at radius 2 is 0.831 bits per heavy atom. The summed E-state index contributed by atoms with van der Waals surface area (Å²) >= 11 is 0. The highest BCUT2D eigenvalue weighted by molar-refractivity contribution is 5.73. The van der Waals surface area contributed by atoms with Crippen molar-refractivity contribution in [2.45, 2.75) is 229 Å². The molecular weight excluding hydrogens is 1140 g/mol. The molecule has 484 valence electrons. The molecule has 0 spiro atoms. The van der Waals surface area contributed by atoms with Crippen molar-refractivity contribution < 1.29 is 174 Å². The van der Waals surface area contributed by atoms with Crippen LogP contribution in [0, 0.1) is 0 Å². The molecule has 6 heterocycles. The first-order valence-electron chi connectivity index (χ1n) is 26.4. The molecule has 6 fully saturated rings. The number of hydrogen-bond acceptors (Lipinski definition) is 35. The van der Waals surface area contributed by atoms with Crippen LogP contribution in [0.3, 0.4) is 0 Å². The van der Waals surface area contributed by atoms with Gasteiger partial charge in [0.2, 0.25) is 11.8 Å². The summed E-state index contributed by atoms with van der Waals surface area (Å²) in [5.41, 5.74) is 0. The van der Waals surface area contributed by atoms with Crippen molar-refractivity contribution in [2.24, 2.45) is 0 Å². The molecule has 34 atom stereocenters. The van der Waals surface area contributed by atoms with E-state index >= 15 is 0 Å². The lowest BCUT2D eigenvalue weighted by atomic mass is 9.94. The predicted molar refractivity (Wildman–Crippen MR) is 256 cm³/mol. The Labute approximate surface area is 471 Å². The van der Waals surface area contributed by atoms with E-state index in [1.807, 2.05) is 0 Å². The average Bonchev–Trinajstić information content (AvgIpc) is 2.92. The van der Waals surface area contributed by atoms with E-state index in [0.29, 0.717) is 0 Å². The van der Waals surface area contributed by atoms with Gasteiger partial charge in [-0.05, 0) is 6.92 Å². The second-order valence-electron chi connectivity index (χ2n) is 20.8. The van der Waals surface area contributed by atoms with Crippen LogP contribution < -0.4 is 10.6 Å². The van der Waals surface area contributed by atoms with E-state index < -0.39 is 267 Å². The zero-order valence-corrected chi connectivity index (χ0v) is 44.7. The molecule has 0 bridgehead atoms. The van der Waals surface area contributed by atoms with Crippen LogP contribution in [0.4, 0.5) is 0 Å². The molecular formula is C46H80N2O35. The predicted octanol–water partition coefficient (Wildman–Crippen LogP) is -15.3. The summed E-state index contributed by atoms with van der Waals surface area (Å²) in [6, 6.07) is -3.56. The first kappa shape index (κ1) is 69.7. The summed E-state index contributed by atoms with van der Waals surface area (Å²) in [5, 5.41) is 229. The molecule has 0 unspecified atom stereocenters. The summed E-state index contributed by atoms with van der Waals surface area (Å²) in [5.74, 6) is -1.73. The molecule has 37 nitrogen and oxygen atoms in total. The second kappa shape index (κ2) is 30.7. The molecule has 0 aromatic heterocycles. The maximum absolute atomic E-state index is 12.9. The Bertz CT molecular complexity index is 1990. The maximum Gasteiger partial charge on any atom is 0.217 e. The van der Waals surface area contributed by atoms with Crippen LogP contribution >= 0.6 is 0 Å². The van der Waals surface area contributed by atoms with Gasteiger partial charge in [-0.3, -0.25) is 9.59 Å². The lowest BCUT2D eigenvalue weighted by Crippen LogP contribution is -2.70. The Morgan fingerprint density at radius 3 is 1.40 bits per heavy atom. The van der Waals surface area contributed by atoms with Gasteiger partial charge in [-0.1, -0.05) is 0 Å². The van der Waals surface area contributed by atoms with Crippen LogP contribution in [0.15, 0.2) is 0 Å². The van der Waals surface area contributed by atoms with E-state index in [9.17, 15) is 117 Å². The molecule has 23 N–H and O–H groups in total. The van der Waals surface area contributed by atoms with Crippen molar-refractivity contribution in [3.63, 3.8) is 0 Å². The number of ether oxygens (including phenoxy) is 12. The molecule has 0 saturated carbocycles. The maximum atomic E-state index is 12.9. The van der Waals surface area contributed by atoms with E-state index in [1.165, 1.54) is 6.92 Å². The van der Waals surface area contributed by atoms with E-state index in [4.69, 9.17) is 56.8 Å². The summed E-state index contributed by atoms with van der Waals surface area (Å²) in [6.45, 7) is -3.95. The number of rotatable bonds is 24.